The fourth-order valence-electron chi connectivity index (χ4n) is 3.71. The first-order valence-electron chi connectivity index (χ1n) is 9.71. The summed E-state index contributed by atoms with van der Waals surface area (Å²) in [5, 5.41) is 3.16. The molecule has 6 nitrogen and oxygen atoms in total. The van der Waals surface area contributed by atoms with Crippen LogP contribution < -0.4 is 15.6 Å². The highest BCUT2D eigenvalue weighted by molar-refractivity contribution is 5.65. The number of aryl methyl sites for hydroxylation is 2. The Morgan fingerprint density at radius 1 is 1.24 bits per heavy atom. The lowest BCUT2D eigenvalue weighted by Gasteiger charge is -2.17. The van der Waals surface area contributed by atoms with E-state index in [1.165, 1.54) is 6.07 Å². The largest absolute Gasteiger partial charge is 0.493 e. The molecule has 3 heterocycles. The molecule has 4 rings (SSSR count). The Labute approximate surface area is 168 Å². The average Bonchev–Trinajstić information content (AvgIpc) is 3.17. The van der Waals surface area contributed by atoms with Crippen molar-refractivity contribution in [1.29, 1.82) is 0 Å². The van der Waals surface area contributed by atoms with Crippen molar-refractivity contribution in [3.63, 3.8) is 0 Å². The molecule has 2 aromatic heterocycles. The van der Waals surface area contributed by atoms with Crippen LogP contribution in [0.3, 0.4) is 0 Å². The molecule has 1 aliphatic rings. The zero-order valence-electron chi connectivity index (χ0n) is 16.8. The van der Waals surface area contributed by atoms with E-state index in [2.05, 4.69) is 15.3 Å². The van der Waals surface area contributed by atoms with Gasteiger partial charge in [0.2, 0.25) is 5.95 Å². The third-order valence-corrected chi connectivity index (χ3v) is 5.23. The first-order valence-corrected chi connectivity index (χ1v) is 9.71. The number of hydrogen-bond donors (Lipinski definition) is 1. The molecule has 1 N–H and O–H groups in total. The van der Waals surface area contributed by atoms with Gasteiger partial charge in [-0.3, -0.25) is 14.3 Å². The molecule has 7 heteroatoms. The van der Waals surface area contributed by atoms with Crippen molar-refractivity contribution in [1.82, 2.24) is 14.5 Å². The Balaban J connectivity index is 1.70. The van der Waals surface area contributed by atoms with Crippen molar-refractivity contribution in [3.8, 4) is 16.9 Å². The molecule has 0 unspecified atom stereocenters. The van der Waals surface area contributed by atoms with E-state index in [9.17, 15) is 9.18 Å². The number of hydrogen-bond acceptors (Lipinski definition) is 5. The summed E-state index contributed by atoms with van der Waals surface area (Å²) in [5.41, 5.74) is 4.05. The van der Waals surface area contributed by atoms with E-state index in [1.54, 1.807) is 23.8 Å². The summed E-state index contributed by atoms with van der Waals surface area (Å²) in [4.78, 5) is 22.1. The van der Waals surface area contributed by atoms with E-state index >= 15 is 0 Å². The highest BCUT2D eigenvalue weighted by atomic mass is 19.1. The zero-order valence-corrected chi connectivity index (χ0v) is 16.8. The van der Waals surface area contributed by atoms with Gasteiger partial charge in [0.1, 0.15) is 11.6 Å². The first-order chi connectivity index (χ1) is 14.0. The lowest BCUT2D eigenvalue weighted by Crippen LogP contribution is -2.27. The van der Waals surface area contributed by atoms with Gasteiger partial charge in [0.25, 0.3) is 5.56 Å². The second kappa shape index (κ2) is 7.66. The maximum Gasteiger partial charge on any atom is 0.263 e. The normalized spacial score (nSPS) is 12.6. The molecule has 150 valence electrons. The van der Waals surface area contributed by atoms with E-state index in [-0.39, 0.29) is 17.9 Å². The van der Waals surface area contributed by atoms with Gasteiger partial charge >= 0.3 is 0 Å². The van der Waals surface area contributed by atoms with Crippen LogP contribution in [0.1, 0.15) is 29.4 Å². The van der Waals surface area contributed by atoms with Crippen LogP contribution in [0.25, 0.3) is 11.1 Å². The third-order valence-electron chi connectivity index (χ3n) is 5.23. The Hall–Kier alpha value is -3.22. The number of halogens is 1. The van der Waals surface area contributed by atoms with Crippen LogP contribution in [-0.4, -0.2) is 21.1 Å². The van der Waals surface area contributed by atoms with E-state index in [1.807, 2.05) is 26.0 Å². The summed E-state index contributed by atoms with van der Waals surface area (Å²) < 4.78 is 21.5. The molecule has 1 aliphatic heterocycles. The van der Waals surface area contributed by atoms with Gasteiger partial charge in [0.15, 0.2) is 0 Å². The van der Waals surface area contributed by atoms with E-state index in [0.717, 1.165) is 22.6 Å². The van der Waals surface area contributed by atoms with Gasteiger partial charge in [-0.15, -0.1) is 0 Å². The minimum absolute atomic E-state index is 0.143. The highest BCUT2D eigenvalue weighted by Gasteiger charge is 2.20. The first kappa shape index (κ1) is 19.1. The number of rotatable bonds is 5. The standard InChI is InChI=1S/C22H23FN4O2/c1-4-27-21(28)20(15-6-5-13(2)24-11-15)14(3)26-22(27)25-12-17-16-9-10-29-19(16)8-7-18(17)23/h5-8,11H,4,9-10,12H2,1-3H3,(H,25,26). The molecule has 0 radical (unpaired) electrons. The summed E-state index contributed by atoms with van der Waals surface area (Å²) in [7, 11) is 0. The number of aromatic nitrogens is 3. The van der Waals surface area contributed by atoms with Crippen LogP contribution in [0.15, 0.2) is 35.3 Å². The monoisotopic (exact) mass is 394 g/mol. The number of nitrogens with one attached hydrogen (secondary N) is 1. The molecule has 3 aromatic rings. The third kappa shape index (κ3) is 3.48. The summed E-state index contributed by atoms with van der Waals surface area (Å²) in [6.07, 6.45) is 2.37. The number of pyridine rings is 1. The molecule has 0 saturated heterocycles. The maximum atomic E-state index is 14.4. The fourth-order valence-corrected chi connectivity index (χ4v) is 3.71. The molecule has 0 spiro atoms. The topological polar surface area (TPSA) is 69.0 Å². The van der Waals surface area contributed by atoms with Crippen LogP contribution in [0, 0.1) is 19.7 Å². The van der Waals surface area contributed by atoms with Crippen LogP contribution in [-0.2, 0) is 19.5 Å². The van der Waals surface area contributed by atoms with Crippen molar-refractivity contribution in [2.45, 2.75) is 40.3 Å². The van der Waals surface area contributed by atoms with Crippen LogP contribution in [0.2, 0.25) is 0 Å². The molecule has 29 heavy (non-hydrogen) atoms. The maximum absolute atomic E-state index is 14.4. The smallest absolute Gasteiger partial charge is 0.263 e. The number of ether oxygens (including phenoxy) is 1. The van der Waals surface area contributed by atoms with E-state index in [4.69, 9.17) is 4.74 Å². The van der Waals surface area contributed by atoms with Gasteiger partial charge in [0, 0.05) is 48.1 Å². The second-order valence-corrected chi connectivity index (χ2v) is 7.09. The van der Waals surface area contributed by atoms with Crippen LogP contribution in [0.5, 0.6) is 5.75 Å². The lowest BCUT2D eigenvalue weighted by molar-refractivity contribution is 0.356. The average molecular weight is 394 g/mol. The van der Waals surface area contributed by atoms with Gasteiger partial charge < -0.3 is 10.1 Å². The summed E-state index contributed by atoms with van der Waals surface area (Å²) >= 11 is 0. The quantitative estimate of drug-likeness (QED) is 0.716. The summed E-state index contributed by atoms with van der Waals surface area (Å²) in [5.74, 6) is 0.864. The SMILES string of the molecule is CCn1c(NCc2c(F)ccc3c2CCO3)nc(C)c(-c2ccc(C)nc2)c1=O. The summed E-state index contributed by atoms with van der Waals surface area (Å²) in [6.45, 7) is 6.82. The predicted octanol–water partition coefficient (Wildman–Crippen LogP) is 3.63. The molecule has 0 atom stereocenters. The van der Waals surface area contributed by atoms with Crippen LogP contribution in [0.4, 0.5) is 10.3 Å². The van der Waals surface area contributed by atoms with Crippen LogP contribution >= 0.6 is 0 Å². The Morgan fingerprint density at radius 2 is 2.07 bits per heavy atom. The van der Waals surface area contributed by atoms with Crippen molar-refractivity contribution in [2.24, 2.45) is 0 Å². The molecular formula is C22H23FN4O2. The minimum atomic E-state index is -0.286. The minimum Gasteiger partial charge on any atom is -0.493 e. The van der Waals surface area contributed by atoms with Crippen molar-refractivity contribution < 1.29 is 9.13 Å². The Bertz CT molecular complexity index is 1120. The molecule has 0 fully saturated rings. The van der Waals surface area contributed by atoms with Gasteiger partial charge in [0.05, 0.1) is 17.9 Å². The van der Waals surface area contributed by atoms with E-state index in [0.29, 0.717) is 42.3 Å². The van der Waals surface area contributed by atoms with Gasteiger partial charge in [-0.2, -0.15) is 0 Å². The van der Waals surface area contributed by atoms with E-state index < -0.39 is 0 Å². The molecule has 0 saturated carbocycles. The zero-order chi connectivity index (χ0) is 20.5. The number of benzene rings is 1. The summed E-state index contributed by atoms with van der Waals surface area (Å²) in [6, 6.07) is 6.83. The van der Waals surface area contributed by atoms with Gasteiger partial charge in [-0.25, -0.2) is 9.37 Å². The van der Waals surface area contributed by atoms with Gasteiger partial charge in [-0.05, 0) is 39.0 Å². The van der Waals surface area contributed by atoms with Crippen molar-refractivity contribution in [3.05, 3.63) is 69.1 Å². The molecule has 0 bridgehead atoms. The number of anilines is 1. The number of fused-ring (bicyclic) bond motifs is 1. The Kier molecular flexibility index (Phi) is 5.05. The fraction of sp³-hybridized carbons (Fsp3) is 0.318. The molecular weight excluding hydrogens is 371 g/mol. The van der Waals surface area contributed by atoms with Crippen molar-refractivity contribution >= 4 is 5.95 Å². The molecule has 0 aliphatic carbocycles. The Morgan fingerprint density at radius 3 is 2.79 bits per heavy atom. The molecule has 1 aromatic carbocycles. The number of nitrogens with zero attached hydrogens (tertiary/aromatic N) is 3. The lowest BCUT2D eigenvalue weighted by atomic mass is 10.0. The van der Waals surface area contributed by atoms with Gasteiger partial charge in [-0.1, -0.05) is 6.07 Å². The molecule has 0 amide bonds. The predicted molar refractivity (Wildman–Crippen MR) is 110 cm³/mol. The second-order valence-electron chi connectivity index (χ2n) is 7.09. The van der Waals surface area contributed by atoms with Crippen molar-refractivity contribution in [2.75, 3.05) is 11.9 Å². The highest BCUT2D eigenvalue weighted by Crippen LogP contribution is 2.30.